The van der Waals surface area contributed by atoms with E-state index >= 15 is 0 Å². The standard InChI is InChI=1S/C24H24FN3O3/c1-2-31-22-13-11-21(12-14-22)28-24(30)18-5-9-20(10-6-18)26-16-23(29)27-15-17-3-7-19(25)8-4-17/h3-14,26H,2,15-16H2,1H3,(H,27,29)(H,28,30). The van der Waals surface area contributed by atoms with Crippen LogP contribution < -0.4 is 20.7 Å². The average molecular weight is 421 g/mol. The molecule has 0 bridgehead atoms. The Bertz CT molecular complexity index is 1000. The number of carbonyl (C=O) groups excluding carboxylic acids is 2. The van der Waals surface area contributed by atoms with Crippen molar-refractivity contribution in [3.63, 3.8) is 0 Å². The summed E-state index contributed by atoms with van der Waals surface area (Å²) in [4.78, 5) is 24.4. The normalized spacial score (nSPS) is 10.3. The van der Waals surface area contributed by atoms with Crippen molar-refractivity contribution >= 4 is 23.2 Å². The third-order valence-corrected chi connectivity index (χ3v) is 4.43. The number of amides is 2. The van der Waals surface area contributed by atoms with Crippen molar-refractivity contribution in [3.8, 4) is 5.75 Å². The van der Waals surface area contributed by atoms with Gasteiger partial charge in [-0.1, -0.05) is 12.1 Å². The summed E-state index contributed by atoms with van der Waals surface area (Å²) >= 11 is 0. The van der Waals surface area contributed by atoms with Crippen LogP contribution in [0.15, 0.2) is 72.8 Å². The van der Waals surface area contributed by atoms with Crippen LogP contribution in [-0.2, 0) is 11.3 Å². The molecule has 3 rings (SSSR count). The Labute approximate surface area is 180 Å². The smallest absolute Gasteiger partial charge is 0.255 e. The second-order valence-corrected chi connectivity index (χ2v) is 6.75. The van der Waals surface area contributed by atoms with E-state index in [1.807, 2.05) is 6.92 Å². The van der Waals surface area contributed by atoms with Gasteiger partial charge in [-0.15, -0.1) is 0 Å². The zero-order valence-corrected chi connectivity index (χ0v) is 17.2. The minimum atomic E-state index is -0.312. The number of ether oxygens (including phenoxy) is 1. The third kappa shape index (κ3) is 6.85. The number of hydrogen-bond acceptors (Lipinski definition) is 4. The van der Waals surface area contributed by atoms with Crippen LogP contribution in [0, 0.1) is 5.82 Å². The van der Waals surface area contributed by atoms with E-state index < -0.39 is 0 Å². The van der Waals surface area contributed by atoms with Gasteiger partial charge >= 0.3 is 0 Å². The van der Waals surface area contributed by atoms with Gasteiger partial charge in [0.05, 0.1) is 13.2 Å². The van der Waals surface area contributed by atoms with Gasteiger partial charge in [-0.3, -0.25) is 9.59 Å². The molecule has 0 atom stereocenters. The van der Waals surface area contributed by atoms with Gasteiger partial charge in [0, 0.05) is 23.5 Å². The van der Waals surface area contributed by atoms with E-state index in [1.54, 1.807) is 60.7 Å². The zero-order valence-electron chi connectivity index (χ0n) is 17.2. The van der Waals surface area contributed by atoms with Crippen molar-refractivity contribution < 1.29 is 18.7 Å². The number of nitrogens with one attached hydrogen (secondary N) is 3. The first-order valence-electron chi connectivity index (χ1n) is 9.93. The molecule has 0 unspecified atom stereocenters. The number of hydrogen-bond donors (Lipinski definition) is 3. The van der Waals surface area contributed by atoms with Gasteiger partial charge in [0.2, 0.25) is 5.91 Å². The molecule has 160 valence electrons. The van der Waals surface area contributed by atoms with E-state index in [0.29, 0.717) is 24.4 Å². The van der Waals surface area contributed by atoms with Gasteiger partial charge < -0.3 is 20.7 Å². The van der Waals surface area contributed by atoms with Crippen LogP contribution in [0.1, 0.15) is 22.8 Å². The van der Waals surface area contributed by atoms with Crippen LogP contribution in [0.4, 0.5) is 15.8 Å². The van der Waals surface area contributed by atoms with Crippen LogP contribution >= 0.6 is 0 Å². The van der Waals surface area contributed by atoms with Crippen molar-refractivity contribution in [3.05, 3.63) is 89.7 Å². The minimum absolute atomic E-state index is 0.0823. The van der Waals surface area contributed by atoms with E-state index in [4.69, 9.17) is 4.74 Å². The first kappa shape index (κ1) is 21.8. The van der Waals surface area contributed by atoms with Crippen molar-refractivity contribution in [1.82, 2.24) is 5.32 Å². The van der Waals surface area contributed by atoms with Crippen LogP contribution in [0.3, 0.4) is 0 Å². The highest BCUT2D eigenvalue weighted by Crippen LogP contribution is 2.17. The monoisotopic (exact) mass is 421 g/mol. The quantitative estimate of drug-likeness (QED) is 0.484. The van der Waals surface area contributed by atoms with Gasteiger partial charge in [0.1, 0.15) is 11.6 Å². The maximum absolute atomic E-state index is 12.9. The zero-order chi connectivity index (χ0) is 22.1. The van der Waals surface area contributed by atoms with E-state index in [-0.39, 0.29) is 24.2 Å². The largest absolute Gasteiger partial charge is 0.494 e. The lowest BCUT2D eigenvalue weighted by molar-refractivity contribution is -0.119. The summed E-state index contributed by atoms with van der Waals surface area (Å²) in [5, 5.41) is 8.60. The average Bonchev–Trinajstić information content (AvgIpc) is 2.79. The van der Waals surface area contributed by atoms with E-state index in [0.717, 1.165) is 17.0 Å². The fourth-order valence-corrected chi connectivity index (χ4v) is 2.79. The summed E-state index contributed by atoms with van der Waals surface area (Å²) in [7, 11) is 0. The van der Waals surface area contributed by atoms with Crippen molar-refractivity contribution in [2.45, 2.75) is 13.5 Å². The highest BCUT2D eigenvalue weighted by atomic mass is 19.1. The Kier molecular flexibility index (Phi) is 7.59. The maximum Gasteiger partial charge on any atom is 0.255 e. The molecule has 31 heavy (non-hydrogen) atoms. The van der Waals surface area contributed by atoms with Crippen LogP contribution in [0.25, 0.3) is 0 Å². The summed E-state index contributed by atoms with van der Waals surface area (Å²) in [5.41, 5.74) is 2.71. The van der Waals surface area contributed by atoms with Gasteiger partial charge in [0.25, 0.3) is 5.91 Å². The molecule has 0 heterocycles. The second-order valence-electron chi connectivity index (χ2n) is 6.75. The Balaban J connectivity index is 1.45. The molecule has 0 spiro atoms. The molecule has 6 nitrogen and oxygen atoms in total. The molecule has 0 saturated carbocycles. The SMILES string of the molecule is CCOc1ccc(NC(=O)c2ccc(NCC(=O)NCc3ccc(F)cc3)cc2)cc1. The minimum Gasteiger partial charge on any atom is -0.494 e. The first-order chi connectivity index (χ1) is 15.0. The lowest BCUT2D eigenvalue weighted by atomic mass is 10.2. The highest BCUT2D eigenvalue weighted by Gasteiger charge is 2.07. The maximum atomic E-state index is 12.9. The molecule has 0 aliphatic rings. The fraction of sp³-hybridized carbons (Fsp3) is 0.167. The number of halogens is 1. The van der Waals surface area contributed by atoms with Gasteiger partial charge in [-0.05, 0) is 73.2 Å². The Morgan fingerprint density at radius 2 is 1.52 bits per heavy atom. The summed E-state index contributed by atoms with van der Waals surface area (Å²) in [5.74, 6) is 0.0142. The molecular formula is C24H24FN3O3. The molecule has 0 aliphatic carbocycles. The predicted molar refractivity (Wildman–Crippen MR) is 119 cm³/mol. The molecule has 3 N–H and O–H groups in total. The molecule has 0 aliphatic heterocycles. The lowest BCUT2D eigenvalue weighted by Crippen LogP contribution is -2.29. The van der Waals surface area contributed by atoms with E-state index in [1.165, 1.54) is 12.1 Å². The van der Waals surface area contributed by atoms with Crippen molar-refractivity contribution in [2.24, 2.45) is 0 Å². The number of anilines is 2. The van der Waals surface area contributed by atoms with E-state index in [2.05, 4.69) is 16.0 Å². The molecule has 0 fully saturated rings. The van der Waals surface area contributed by atoms with Gasteiger partial charge in [-0.25, -0.2) is 4.39 Å². The van der Waals surface area contributed by atoms with Crippen LogP contribution in [0.5, 0.6) is 5.75 Å². The topological polar surface area (TPSA) is 79.5 Å². The Morgan fingerprint density at radius 3 is 2.16 bits per heavy atom. The van der Waals surface area contributed by atoms with Crippen molar-refractivity contribution in [1.29, 1.82) is 0 Å². The fourth-order valence-electron chi connectivity index (χ4n) is 2.79. The van der Waals surface area contributed by atoms with Gasteiger partial charge in [-0.2, -0.15) is 0 Å². The van der Waals surface area contributed by atoms with Crippen LogP contribution in [0.2, 0.25) is 0 Å². The van der Waals surface area contributed by atoms with Crippen molar-refractivity contribution in [2.75, 3.05) is 23.8 Å². The third-order valence-electron chi connectivity index (χ3n) is 4.43. The summed E-state index contributed by atoms with van der Waals surface area (Å²) < 4.78 is 18.3. The second kappa shape index (κ2) is 10.8. The lowest BCUT2D eigenvalue weighted by Gasteiger charge is -2.10. The first-order valence-corrected chi connectivity index (χ1v) is 9.93. The predicted octanol–water partition coefficient (Wildman–Crippen LogP) is 4.21. The molecule has 0 radical (unpaired) electrons. The summed E-state index contributed by atoms with van der Waals surface area (Å²) in [6.07, 6.45) is 0. The molecule has 2 amide bonds. The number of benzene rings is 3. The molecular weight excluding hydrogens is 397 g/mol. The Hall–Kier alpha value is -3.87. The molecule has 3 aromatic carbocycles. The summed E-state index contributed by atoms with van der Waals surface area (Å²) in [6, 6.07) is 20.0. The number of carbonyl (C=O) groups is 2. The van der Waals surface area contributed by atoms with E-state index in [9.17, 15) is 14.0 Å². The summed E-state index contributed by atoms with van der Waals surface area (Å²) in [6.45, 7) is 2.90. The Morgan fingerprint density at radius 1 is 0.871 bits per heavy atom. The molecule has 7 heteroatoms. The highest BCUT2D eigenvalue weighted by molar-refractivity contribution is 6.04. The molecule has 0 saturated heterocycles. The van der Waals surface area contributed by atoms with Crippen LogP contribution in [-0.4, -0.2) is 25.0 Å². The molecule has 3 aromatic rings. The number of rotatable bonds is 9. The molecule has 0 aromatic heterocycles. The van der Waals surface area contributed by atoms with Gasteiger partial charge in [0.15, 0.2) is 0 Å².